The average molecular weight is 325 g/mol. The molecule has 0 aromatic carbocycles. The number of aromatic nitrogens is 3. The number of rotatable bonds is 4. The minimum atomic E-state index is -0.403. The Morgan fingerprint density at radius 3 is 2.71 bits per heavy atom. The Morgan fingerprint density at radius 2 is 2.21 bits per heavy atom. The van der Waals surface area contributed by atoms with E-state index in [0.717, 1.165) is 18.4 Å². The zero-order valence-corrected chi connectivity index (χ0v) is 13.9. The van der Waals surface area contributed by atoms with Crippen molar-refractivity contribution in [1.82, 2.24) is 14.8 Å². The zero-order chi connectivity index (χ0) is 17.5. The molecule has 124 valence electrons. The largest absolute Gasteiger partial charge is 0.469 e. The molecule has 1 saturated carbocycles. The molecule has 2 heterocycles. The van der Waals surface area contributed by atoms with Crippen molar-refractivity contribution in [3.05, 3.63) is 29.5 Å². The Bertz CT molecular complexity index is 828. The summed E-state index contributed by atoms with van der Waals surface area (Å²) < 4.78 is 6.47. The first-order valence-corrected chi connectivity index (χ1v) is 7.74. The molecule has 0 radical (unpaired) electrons. The molecule has 1 atom stereocenters. The molecule has 0 spiro atoms. The van der Waals surface area contributed by atoms with Gasteiger partial charge in [0.2, 0.25) is 0 Å². The number of methoxy groups -OCH3 is 1. The van der Waals surface area contributed by atoms with E-state index in [4.69, 9.17) is 10.5 Å². The second kappa shape index (κ2) is 5.64. The fraction of sp³-hybridized carbons (Fsp3) is 0.412. The molecule has 0 aliphatic heterocycles. The van der Waals surface area contributed by atoms with Gasteiger partial charge in [0.15, 0.2) is 0 Å². The molecule has 1 unspecified atom stereocenters. The predicted octanol–water partition coefficient (Wildman–Crippen LogP) is 2.18. The van der Waals surface area contributed by atoms with Gasteiger partial charge in [-0.1, -0.05) is 6.07 Å². The van der Waals surface area contributed by atoms with Crippen molar-refractivity contribution in [3.8, 4) is 17.5 Å². The number of hydrogen-bond acceptors (Lipinski definition) is 6. The van der Waals surface area contributed by atoms with E-state index in [-0.39, 0.29) is 11.5 Å². The Balaban J connectivity index is 1.98. The molecular weight excluding hydrogens is 306 g/mol. The minimum Gasteiger partial charge on any atom is -0.469 e. The molecule has 0 amide bonds. The Labute approximate surface area is 140 Å². The van der Waals surface area contributed by atoms with Crippen molar-refractivity contribution < 1.29 is 9.53 Å². The third kappa shape index (κ3) is 2.50. The van der Waals surface area contributed by atoms with Gasteiger partial charge in [-0.3, -0.25) is 9.78 Å². The van der Waals surface area contributed by atoms with Crippen LogP contribution in [0, 0.1) is 11.3 Å². The Kier molecular flexibility index (Phi) is 3.76. The highest BCUT2D eigenvalue weighted by Crippen LogP contribution is 2.45. The summed E-state index contributed by atoms with van der Waals surface area (Å²) in [6, 6.07) is 5.66. The Morgan fingerprint density at radius 1 is 1.50 bits per heavy atom. The summed E-state index contributed by atoms with van der Waals surface area (Å²) in [6.45, 7) is 3.82. The molecule has 3 rings (SSSR count). The molecule has 1 fully saturated rings. The topological polar surface area (TPSA) is 107 Å². The molecule has 7 heteroatoms. The third-order valence-electron chi connectivity index (χ3n) is 4.60. The lowest BCUT2D eigenvalue weighted by Gasteiger charge is -2.10. The molecule has 0 bridgehead atoms. The van der Waals surface area contributed by atoms with Crippen LogP contribution in [0.5, 0.6) is 0 Å². The number of carbonyl (C=O) groups excluding carboxylic acids is 1. The number of nitrogens with two attached hydrogens (primary N) is 1. The van der Waals surface area contributed by atoms with E-state index in [1.807, 2.05) is 0 Å². The van der Waals surface area contributed by atoms with E-state index < -0.39 is 5.92 Å². The van der Waals surface area contributed by atoms with Gasteiger partial charge in [0.25, 0.3) is 0 Å². The summed E-state index contributed by atoms with van der Waals surface area (Å²) in [5.41, 5.74) is 8.11. The monoisotopic (exact) mass is 325 g/mol. The molecule has 2 aromatic rings. The van der Waals surface area contributed by atoms with E-state index in [9.17, 15) is 10.1 Å². The van der Waals surface area contributed by atoms with Gasteiger partial charge in [-0.25, -0.2) is 4.68 Å². The predicted molar refractivity (Wildman–Crippen MR) is 87.9 cm³/mol. The quantitative estimate of drug-likeness (QED) is 0.863. The lowest BCUT2D eigenvalue weighted by Crippen LogP contribution is -2.16. The van der Waals surface area contributed by atoms with Crippen LogP contribution >= 0.6 is 0 Å². The summed E-state index contributed by atoms with van der Waals surface area (Å²) >= 11 is 0. The SMILES string of the molecule is COC(=O)C(C)c1ccc(-c2nn(C3(C)CC3)c(N)c2C#N)nc1. The van der Waals surface area contributed by atoms with Gasteiger partial charge in [0.05, 0.1) is 24.3 Å². The van der Waals surface area contributed by atoms with Crippen LogP contribution in [-0.2, 0) is 15.1 Å². The van der Waals surface area contributed by atoms with Crippen molar-refractivity contribution in [3.63, 3.8) is 0 Å². The first kappa shape index (κ1) is 16.0. The third-order valence-corrected chi connectivity index (χ3v) is 4.60. The number of carbonyl (C=O) groups is 1. The lowest BCUT2D eigenvalue weighted by molar-refractivity contribution is -0.142. The van der Waals surface area contributed by atoms with Crippen molar-refractivity contribution in [2.75, 3.05) is 12.8 Å². The van der Waals surface area contributed by atoms with E-state index in [1.165, 1.54) is 7.11 Å². The first-order chi connectivity index (χ1) is 11.4. The maximum absolute atomic E-state index is 11.6. The normalized spacial score (nSPS) is 16.2. The minimum absolute atomic E-state index is 0.104. The van der Waals surface area contributed by atoms with Gasteiger partial charge in [-0.2, -0.15) is 10.4 Å². The van der Waals surface area contributed by atoms with Gasteiger partial charge in [-0.05, 0) is 38.3 Å². The van der Waals surface area contributed by atoms with Crippen LogP contribution in [0.3, 0.4) is 0 Å². The second-order valence-electron chi connectivity index (χ2n) is 6.35. The van der Waals surface area contributed by atoms with Crippen molar-refractivity contribution in [1.29, 1.82) is 5.26 Å². The summed E-state index contributed by atoms with van der Waals surface area (Å²) in [4.78, 5) is 16.0. The number of nitriles is 1. The van der Waals surface area contributed by atoms with Gasteiger partial charge >= 0.3 is 5.97 Å². The highest BCUT2D eigenvalue weighted by atomic mass is 16.5. The number of anilines is 1. The van der Waals surface area contributed by atoms with Gasteiger partial charge in [0.1, 0.15) is 23.1 Å². The first-order valence-electron chi connectivity index (χ1n) is 7.74. The van der Waals surface area contributed by atoms with Gasteiger partial charge < -0.3 is 10.5 Å². The highest BCUT2D eigenvalue weighted by Gasteiger charge is 2.42. The summed E-state index contributed by atoms with van der Waals surface area (Å²) in [6.07, 6.45) is 3.59. The van der Waals surface area contributed by atoms with Gasteiger partial charge in [-0.15, -0.1) is 0 Å². The van der Waals surface area contributed by atoms with E-state index in [0.29, 0.717) is 22.8 Å². The van der Waals surface area contributed by atoms with Crippen LogP contribution in [0.4, 0.5) is 5.82 Å². The zero-order valence-electron chi connectivity index (χ0n) is 13.9. The molecule has 0 saturated heterocycles. The second-order valence-corrected chi connectivity index (χ2v) is 6.35. The maximum atomic E-state index is 11.6. The summed E-state index contributed by atoms with van der Waals surface area (Å²) in [5, 5.41) is 14.0. The smallest absolute Gasteiger partial charge is 0.312 e. The molecule has 7 nitrogen and oxygen atoms in total. The number of esters is 1. The molecule has 24 heavy (non-hydrogen) atoms. The molecule has 2 N–H and O–H groups in total. The van der Waals surface area contributed by atoms with Crippen LogP contribution in [0.15, 0.2) is 18.3 Å². The van der Waals surface area contributed by atoms with Crippen molar-refractivity contribution in [2.45, 2.75) is 38.1 Å². The van der Waals surface area contributed by atoms with Crippen molar-refractivity contribution in [2.24, 2.45) is 0 Å². The lowest BCUT2D eigenvalue weighted by atomic mass is 10.0. The molecule has 1 aliphatic rings. The van der Waals surface area contributed by atoms with Crippen LogP contribution < -0.4 is 5.73 Å². The van der Waals surface area contributed by atoms with Crippen LogP contribution in [-0.4, -0.2) is 27.8 Å². The number of ether oxygens (including phenoxy) is 1. The fourth-order valence-corrected chi connectivity index (χ4v) is 2.64. The summed E-state index contributed by atoms with van der Waals surface area (Å²) in [5.74, 6) is -0.348. The number of pyridine rings is 1. The number of hydrogen-bond donors (Lipinski definition) is 1. The van der Waals surface area contributed by atoms with E-state index in [2.05, 4.69) is 23.1 Å². The maximum Gasteiger partial charge on any atom is 0.312 e. The molecular formula is C17H19N5O2. The number of nitrogen functional groups attached to an aromatic ring is 1. The Hall–Kier alpha value is -2.88. The standard InChI is InChI=1S/C17H19N5O2/c1-10(16(23)24-3)11-4-5-13(20-9-11)14-12(8-18)15(19)22(21-14)17(2)6-7-17/h4-5,9-10H,6-7,19H2,1-3H3. The van der Waals surface area contributed by atoms with Crippen molar-refractivity contribution >= 4 is 11.8 Å². The van der Waals surface area contributed by atoms with Crippen LogP contribution in [0.25, 0.3) is 11.4 Å². The number of nitrogens with zero attached hydrogens (tertiary/aromatic N) is 4. The van der Waals surface area contributed by atoms with Crippen LogP contribution in [0.2, 0.25) is 0 Å². The van der Waals surface area contributed by atoms with Crippen LogP contribution in [0.1, 0.15) is 43.7 Å². The van der Waals surface area contributed by atoms with Gasteiger partial charge in [0, 0.05) is 6.20 Å². The molecule has 2 aromatic heterocycles. The highest BCUT2D eigenvalue weighted by molar-refractivity contribution is 5.77. The summed E-state index contributed by atoms with van der Waals surface area (Å²) in [7, 11) is 1.35. The fourth-order valence-electron chi connectivity index (χ4n) is 2.64. The van der Waals surface area contributed by atoms with E-state index >= 15 is 0 Å². The molecule has 1 aliphatic carbocycles. The van der Waals surface area contributed by atoms with E-state index in [1.54, 1.807) is 29.9 Å². The average Bonchev–Trinajstić information content (AvgIpc) is 3.25.